The van der Waals surface area contributed by atoms with E-state index in [1.807, 2.05) is 30.3 Å². The molecular weight excluding hydrogens is 598 g/mol. The number of carbonyl (C=O) groups excluding carboxylic acids is 1. The topological polar surface area (TPSA) is 78.8 Å². The van der Waals surface area contributed by atoms with Crippen molar-refractivity contribution in [2.45, 2.75) is 36.7 Å². The second kappa shape index (κ2) is 17.0. The second-order valence-electron chi connectivity index (χ2n) is 7.91. The first-order valence-corrected chi connectivity index (χ1v) is 14.2. The van der Waals surface area contributed by atoms with Crippen LogP contribution < -0.4 is 0 Å². The first-order chi connectivity index (χ1) is 19.7. The third-order valence-corrected chi connectivity index (χ3v) is 6.58. The normalized spacial score (nSPS) is 9.78. The molecule has 0 saturated heterocycles. The molecule has 4 aromatic rings. The van der Waals surface area contributed by atoms with Crippen molar-refractivity contribution in [3.8, 4) is 12.1 Å². The number of hydrogen-bond acceptors (Lipinski definition) is 6. The maximum absolute atomic E-state index is 13.6. The number of esters is 1. The third-order valence-electron chi connectivity index (χ3n) is 4.67. The van der Waals surface area contributed by atoms with Crippen molar-refractivity contribution in [3.63, 3.8) is 0 Å². The molecule has 41 heavy (non-hydrogen) atoms. The lowest BCUT2D eigenvalue weighted by Crippen LogP contribution is -2.09. The molecule has 0 radical (unpaired) electrons. The lowest BCUT2D eigenvalue weighted by Gasteiger charge is -2.09. The highest BCUT2D eigenvalue weighted by atomic mass is 35.7. The van der Waals surface area contributed by atoms with Crippen LogP contribution in [0.15, 0.2) is 82.7 Å². The summed E-state index contributed by atoms with van der Waals surface area (Å²) < 4.78 is 59.1. The minimum atomic E-state index is -1.19. The molecule has 0 unspecified atom stereocenters. The van der Waals surface area contributed by atoms with E-state index in [0.717, 1.165) is 40.6 Å². The Morgan fingerprint density at radius 3 is 1.95 bits per heavy atom. The molecule has 4 rings (SSSR count). The molecule has 212 valence electrons. The summed E-state index contributed by atoms with van der Waals surface area (Å²) in [5.74, 6) is -5.04. The van der Waals surface area contributed by atoms with Crippen LogP contribution in [0.1, 0.15) is 47.4 Å². The van der Waals surface area contributed by atoms with E-state index >= 15 is 0 Å². The van der Waals surface area contributed by atoms with Crippen LogP contribution in [0.5, 0.6) is 0 Å². The number of rotatable bonds is 6. The SMILES string of the molecule is CCC.N#Cc1cc(SCl)cc(F)c1F.N#Cc1cc(Sn2cccc2C(=O)OCc2ccccc2)cc(F)c1F. The zero-order chi connectivity index (χ0) is 30.4. The largest absolute Gasteiger partial charge is 0.456 e. The molecule has 0 atom stereocenters. The van der Waals surface area contributed by atoms with E-state index in [0.29, 0.717) is 4.90 Å². The molecule has 12 heteroatoms. The summed E-state index contributed by atoms with van der Waals surface area (Å²) in [6.07, 6.45) is 2.84. The van der Waals surface area contributed by atoms with E-state index in [1.165, 1.54) is 28.6 Å². The zero-order valence-corrected chi connectivity index (χ0v) is 24.1. The Morgan fingerprint density at radius 2 is 1.41 bits per heavy atom. The van der Waals surface area contributed by atoms with Gasteiger partial charge < -0.3 is 4.74 Å². The fraction of sp³-hybridized carbons (Fsp3) is 0.138. The van der Waals surface area contributed by atoms with Gasteiger partial charge in [0, 0.05) is 16.0 Å². The standard InChI is InChI=1S/C19H12F2N2O2S.C7H2ClF2NS.C3H8/c20-16-10-15(9-14(11-22)18(16)21)26-23-8-4-7-17(23)19(24)25-12-13-5-2-1-3-6-13;8-12-5-1-4(3-11)7(10)6(9)2-5;1-3-2/h1-10H,12H2;1-2H;3H2,1-2H3. The molecule has 0 fully saturated rings. The molecule has 0 N–H and O–H groups in total. The average Bonchev–Trinajstić information content (AvgIpc) is 3.44. The van der Waals surface area contributed by atoms with Crippen molar-refractivity contribution in [2.24, 2.45) is 0 Å². The second-order valence-corrected chi connectivity index (χ2v) is 10.0. The molecule has 0 bridgehead atoms. The fourth-order valence-corrected chi connectivity index (χ4v) is 4.40. The van der Waals surface area contributed by atoms with Gasteiger partial charge in [0.25, 0.3) is 0 Å². The van der Waals surface area contributed by atoms with Gasteiger partial charge in [-0.1, -0.05) is 50.6 Å². The molecule has 3 aromatic carbocycles. The van der Waals surface area contributed by atoms with E-state index in [4.69, 9.17) is 25.9 Å². The first kappa shape index (κ1) is 33.3. The molecule has 0 saturated carbocycles. The highest BCUT2D eigenvalue weighted by Crippen LogP contribution is 2.27. The van der Waals surface area contributed by atoms with Crippen molar-refractivity contribution in [1.29, 1.82) is 10.5 Å². The highest BCUT2D eigenvalue weighted by molar-refractivity contribution is 8.21. The van der Waals surface area contributed by atoms with Crippen LogP contribution in [0.4, 0.5) is 17.6 Å². The number of nitriles is 2. The Morgan fingerprint density at radius 1 is 0.878 bits per heavy atom. The average molecular weight is 620 g/mol. The number of benzene rings is 3. The number of hydrogen-bond donors (Lipinski definition) is 0. The minimum Gasteiger partial charge on any atom is -0.456 e. The van der Waals surface area contributed by atoms with E-state index < -0.39 is 34.8 Å². The first-order valence-electron chi connectivity index (χ1n) is 11.8. The molecule has 0 aliphatic rings. The summed E-state index contributed by atoms with van der Waals surface area (Å²) in [6, 6.07) is 19.9. The van der Waals surface area contributed by atoms with Gasteiger partial charge in [-0.25, -0.2) is 22.4 Å². The maximum atomic E-state index is 13.6. The van der Waals surface area contributed by atoms with Crippen LogP contribution in [-0.4, -0.2) is 9.94 Å². The highest BCUT2D eigenvalue weighted by Gasteiger charge is 2.16. The van der Waals surface area contributed by atoms with Gasteiger partial charge in [0.2, 0.25) is 0 Å². The van der Waals surface area contributed by atoms with Gasteiger partial charge in [0.15, 0.2) is 23.3 Å². The van der Waals surface area contributed by atoms with Crippen LogP contribution >= 0.6 is 33.6 Å². The number of halogens is 5. The molecule has 0 aliphatic carbocycles. The van der Waals surface area contributed by atoms with Crippen molar-refractivity contribution in [1.82, 2.24) is 3.97 Å². The quantitative estimate of drug-likeness (QED) is 0.158. The van der Waals surface area contributed by atoms with Crippen molar-refractivity contribution >= 4 is 39.6 Å². The monoisotopic (exact) mass is 619 g/mol. The van der Waals surface area contributed by atoms with Gasteiger partial charge in [-0.05, 0) is 75.6 Å². The maximum Gasteiger partial charge on any atom is 0.356 e. The van der Waals surface area contributed by atoms with Crippen molar-refractivity contribution < 1.29 is 27.1 Å². The van der Waals surface area contributed by atoms with Crippen molar-refractivity contribution in [3.05, 3.63) is 119 Å². The van der Waals surface area contributed by atoms with Gasteiger partial charge in [-0.2, -0.15) is 10.5 Å². The van der Waals surface area contributed by atoms with Crippen LogP contribution in [-0.2, 0) is 11.3 Å². The lowest BCUT2D eigenvalue weighted by molar-refractivity contribution is 0.0465. The Kier molecular flexibility index (Phi) is 13.8. The summed E-state index contributed by atoms with van der Waals surface area (Å²) in [4.78, 5) is 12.9. The van der Waals surface area contributed by atoms with Gasteiger partial charge in [0.05, 0.1) is 11.1 Å². The zero-order valence-electron chi connectivity index (χ0n) is 21.7. The van der Waals surface area contributed by atoms with Crippen LogP contribution in [0.2, 0.25) is 0 Å². The van der Waals surface area contributed by atoms with E-state index in [1.54, 1.807) is 24.4 Å². The molecule has 0 spiro atoms. The van der Waals surface area contributed by atoms with E-state index in [2.05, 4.69) is 13.8 Å². The van der Waals surface area contributed by atoms with E-state index in [9.17, 15) is 22.4 Å². The summed E-state index contributed by atoms with van der Waals surface area (Å²) in [7, 11) is 6.03. The fourth-order valence-electron chi connectivity index (χ4n) is 2.90. The molecule has 1 aromatic heterocycles. The van der Waals surface area contributed by atoms with Crippen molar-refractivity contribution in [2.75, 3.05) is 0 Å². The molecule has 0 aliphatic heterocycles. The lowest BCUT2D eigenvalue weighted by atomic mass is 10.2. The van der Waals surface area contributed by atoms with Gasteiger partial charge >= 0.3 is 5.97 Å². The predicted octanol–water partition coefficient (Wildman–Crippen LogP) is 9.05. The molecule has 5 nitrogen and oxygen atoms in total. The Balaban J connectivity index is 0.000000327. The summed E-state index contributed by atoms with van der Waals surface area (Å²) in [6.45, 7) is 4.37. The Bertz CT molecular complexity index is 1550. The third kappa shape index (κ3) is 9.90. The number of carbonyl (C=O) groups is 1. The molecule has 1 heterocycles. The van der Waals surface area contributed by atoms with Crippen LogP contribution in [0, 0.1) is 45.9 Å². The molecular formula is C29H22ClF4N3O2S2. The van der Waals surface area contributed by atoms with Crippen LogP contribution in [0.25, 0.3) is 0 Å². The molecule has 0 amide bonds. The smallest absolute Gasteiger partial charge is 0.356 e. The van der Waals surface area contributed by atoms with E-state index in [-0.39, 0.29) is 22.8 Å². The number of aromatic nitrogens is 1. The number of ether oxygens (including phenoxy) is 1. The van der Waals surface area contributed by atoms with Crippen LogP contribution in [0.3, 0.4) is 0 Å². The summed E-state index contributed by atoms with van der Waals surface area (Å²) >= 11 is 0.981. The summed E-state index contributed by atoms with van der Waals surface area (Å²) in [5, 5.41) is 17.2. The van der Waals surface area contributed by atoms with Gasteiger partial charge in [-0.15, -0.1) is 0 Å². The number of nitrogens with zero attached hydrogens (tertiary/aromatic N) is 3. The Labute approximate surface area is 247 Å². The minimum absolute atomic E-state index is 0.124. The predicted molar refractivity (Wildman–Crippen MR) is 151 cm³/mol. The van der Waals surface area contributed by atoms with Gasteiger partial charge in [-0.3, -0.25) is 3.97 Å². The Hall–Kier alpha value is -3.90. The van der Waals surface area contributed by atoms with Gasteiger partial charge in [0.1, 0.15) is 24.4 Å². The summed E-state index contributed by atoms with van der Waals surface area (Å²) in [5.41, 5.74) is 0.367.